The van der Waals surface area contributed by atoms with Crippen molar-refractivity contribution in [3.63, 3.8) is 0 Å². The number of nitrogens with zero attached hydrogens (tertiary/aromatic N) is 2. The van der Waals surface area contributed by atoms with Gasteiger partial charge >= 0.3 is 0 Å². The van der Waals surface area contributed by atoms with Crippen molar-refractivity contribution in [2.24, 2.45) is 5.92 Å². The first-order valence-corrected chi connectivity index (χ1v) is 10.8. The van der Waals surface area contributed by atoms with Gasteiger partial charge in [0.1, 0.15) is 17.7 Å². The summed E-state index contributed by atoms with van der Waals surface area (Å²) in [6.07, 6.45) is 3.36. The van der Waals surface area contributed by atoms with Crippen molar-refractivity contribution in [2.45, 2.75) is 39.3 Å². The van der Waals surface area contributed by atoms with Crippen molar-refractivity contribution in [2.75, 3.05) is 0 Å². The Morgan fingerprint density at radius 1 is 1.09 bits per heavy atom. The van der Waals surface area contributed by atoms with E-state index >= 15 is 0 Å². The van der Waals surface area contributed by atoms with E-state index in [0.717, 1.165) is 35.0 Å². The quantitative estimate of drug-likeness (QED) is 0.389. The highest BCUT2D eigenvalue weighted by molar-refractivity contribution is 5.82. The minimum absolute atomic E-state index is 0. The van der Waals surface area contributed by atoms with Crippen molar-refractivity contribution in [1.29, 1.82) is 0 Å². The number of amides is 1. The zero-order valence-electron chi connectivity index (χ0n) is 17.7. The molecule has 1 amide bonds. The summed E-state index contributed by atoms with van der Waals surface area (Å²) in [7, 11) is 0. The van der Waals surface area contributed by atoms with Crippen molar-refractivity contribution < 1.29 is 13.9 Å². The molecule has 2 atom stereocenters. The van der Waals surface area contributed by atoms with Gasteiger partial charge < -0.3 is 10.1 Å². The highest BCUT2D eigenvalue weighted by Crippen LogP contribution is 2.31. The fourth-order valence-corrected chi connectivity index (χ4v) is 3.88. The maximum absolute atomic E-state index is 13.3. The van der Waals surface area contributed by atoms with Crippen molar-refractivity contribution in [1.82, 2.24) is 15.1 Å². The van der Waals surface area contributed by atoms with Crippen LogP contribution in [-0.2, 0) is 4.79 Å². The molecule has 0 bridgehead atoms. The Bertz CT molecular complexity index is 1230. The van der Waals surface area contributed by atoms with E-state index in [1.54, 1.807) is 23.0 Å². The van der Waals surface area contributed by atoms with Crippen LogP contribution in [-0.4, -0.2) is 21.7 Å². The van der Waals surface area contributed by atoms with Crippen LogP contribution in [0.15, 0.2) is 79.0 Å². The van der Waals surface area contributed by atoms with Crippen LogP contribution in [0.25, 0.3) is 16.6 Å². The Morgan fingerprint density at radius 2 is 1.82 bits per heavy atom. The number of carbonyl (C=O) groups excluding carboxylic acids is 1. The van der Waals surface area contributed by atoms with Gasteiger partial charge in [-0.05, 0) is 67.8 Å². The second-order valence-electron chi connectivity index (χ2n) is 8.27. The van der Waals surface area contributed by atoms with E-state index in [2.05, 4.69) is 10.4 Å². The molecule has 33 heavy (non-hydrogen) atoms. The van der Waals surface area contributed by atoms with Crippen LogP contribution < -0.4 is 10.1 Å². The number of ether oxygens (including phenoxy) is 1. The molecule has 0 radical (unpaired) electrons. The van der Waals surface area contributed by atoms with E-state index in [4.69, 9.17) is 4.74 Å². The molecule has 0 spiro atoms. The maximum Gasteiger partial charge on any atom is 0.223 e. The standard InChI is InChI=1S/C26H24FN3O2.CH4/c1-17(29-26(31)19-7-8-19)25(18-5-3-2-4-6-18)32-23-13-14-24-20(15-23)16-28-30(24)22-11-9-21(27)10-12-22;/h2-6,9-17,19,25H,7-8H2,1H3,(H,29,31);1H4/t17-,25-;/m0./s1. The lowest BCUT2D eigenvalue weighted by Crippen LogP contribution is -2.39. The van der Waals surface area contributed by atoms with Crippen LogP contribution in [0.1, 0.15) is 38.9 Å². The lowest BCUT2D eigenvalue weighted by Gasteiger charge is -2.26. The monoisotopic (exact) mass is 445 g/mol. The summed E-state index contributed by atoms with van der Waals surface area (Å²) in [5.74, 6) is 0.647. The number of fused-ring (bicyclic) bond motifs is 1. The molecule has 1 aliphatic carbocycles. The molecule has 1 heterocycles. The first kappa shape index (κ1) is 22.5. The summed E-state index contributed by atoms with van der Waals surface area (Å²) in [5.41, 5.74) is 2.68. The summed E-state index contributed by atoms with van der Waals surface area (Å²) >= 11 is 0. The average molecular weight is 446 g/mol. The Kier molecular flexibility index (Phi) is 6.45. The molecule has 0 unspecified atom stereocenters. The molecule has 4 aromatic rings. The van der Waals surface area contributed by atoms with Gasteiger partial charge in [-0.1, -0.05) is 37.8 Å². The number of nitrogens with one attached hydrogen (secondary N) is 1. The van der Waals surface area contributed by atoms with E-state index in [9.17, 15) is 9.18 Å². The van der Waals surface area contributed by atoms with Gasteiger partial charge in [-0.3, -0.25) is 4.79 Å². The molecule has 3 aromatic carbocycles. The number of rotatable bonds is 7. The second-order valence-corrected chi connectivity index (χ2v) is 8.27. The fraction of sp³-hybridized carbons (Fsp3) is 0.259. The molecule has 5 rings (SSSR count). The van der Waals surface area contributed by atoms with Crippen LogP contribution in [0.4, 0.5) is 4.39 Å². The van der Waals surface area contributed by atoms with E-state index < -0.39 is 0 Å². The highest BCUT2D eigenvalue weighted by atomic mass is 19.1. The summed E-state index contributed by atoms with van der Waals surface area (Å²) in [6.45, 7) is 1.98. The van der Waals surface area contributed by atoms with Gasteiger partial charge in [0.05, 0.1) is 23.4 Å². The highest BCUT2D eigenvalue weighted by Gasteiger charge is 2.32. The van der Waals surface area contributed by atoms with Gasteiger partial charge in [-0.25, -0.2) is 9.07 Å². The Morgan fingerprint density at radius 3 is 2.52 bits per heavy atom. The predicted molar refractivity (Wildman–Crippen MR) is 128 cm³/mol. The van der Waals surface area contributed by atoms with Crippen LogP contribution in [0.3, 0.4) is 0 Å². The fourth-order valence-electron chi connectivity index (χ4n) is 3.88. The van der Waals surface area contributed by atoms with Crippen LogP contribution in [0, 0.1) is 11.7 Å². The third-order valence-corrected chi connectivity index (χ3v) is 5.77. The van der Waals surface area contributed by atoms with Crippen LogP contribution >= 0.6 is 0 Å². The normalized spacial score (nSPS) is 14.8. The molecular formula is C27H28FN3O2. The Hall–Kier alpha value is -3.67. The van der Waals surface area contributed by atoms with Gasteiger partial charge in [0, 0.05) is 11.3 Å². The van der Waals surface area contributed by atoms with Crippen LogP contribution in [0.5, 0.6) is 5.75 Å². The van der Waals surface area contributed by atoms with Gasteiger partial charge in [0.15, 0.2) is 0 Å². The topological polar surface area (TPSA) is 56.1 Å². The predicted octanol–water partition coefficient (Wildman–Crippen LogP) is 5.84. The third-order valence-electron chi connectivity index (χ3n) is 5.77. The maximum atomic E-state index is 13.3. The van der Waals surface area contributed by atoms with Crippen molar-refractivity contribution in [3.8, 4) is 11.4 Å². The van der Waals surface area contributed by atoms with E-state index in [-0.39, 0.29) is 37.2 Å². The first-order chi connectivity index (χ1) is 15.6. The largest absolute Gasteiger partial charge is 0.484 e. The molecule has 1 aliphatic rings. The summed E-state index contributed by atoms with van der Waals surface area (Å²) in [4.78, 5) is 12.3. The molecule has 1 saturated carbocycles. The zero-order chi connectivity index (χ0) is 22.1. The minimum Gasteiger partial charge on any atom is -0.484 e. The number of halogens is 1. The lowest BCUT2D eigenvalue weighted by molar-refractivity contribution is -0.123. The molecule has 1 fully saturated rings. The molecule has 0 aliphatic heterocycles. The van der Waals surface area contributed by atoms with Crippen molar-refractivity contribution >= 4 is 16.8 Å². The molecule has 0 saturated heterocycles. The Balaban J connectivity index is 0.00000259. The number of carbonyl (C=O) groups is 1. The summed E-state index contributed by atoms with van der Waals surface area (Å²) in [5, 5.41) is 8.48. The average Bonchev–Trinajstić information content (AvgIpc) is 3.58. The Labute approximate surface area is 193 Å². The molecule has 6 heteroatoms. The molecule has 5 nitrogen and oxygen atoms in total. The summed E-state index contributed by atoms with van der Waals surface area (Å²) < 4.78 is 21.4. The number of hydrogen-bond donors (Lipinski definition) is 1. The zero-order valence-corrected chi connectivity index (χ0v) is 17.7. The smallest absolute Gasteiger partial charge is 0.223 e. The lowest BCUT2D eigenvalue weighted by atomic mass is 10.0. The first-order valence-electron chi connectivity index (χ1n) is 10.8. The van der Waals surface area contributed by atoms with Gasteiger partial charge in [0.25, 0.3) is 0 Å². The molecular weight excluding hydrogens is 417 g/mol. The summed E-state index contributed by atoms with van der Waals surface area (Å²) in [6, 6.07) is 21.7. The van der Waals surface area contributed by atoms with E-state index in [0.29, 0.717) is 5.75 Å². The number of aromatic nitrogens is 2. The minimum atomic E-state index is -0.330. The SMILES string of the molecule is C.C[C@H](NC(=O)C1CC1)[C@H](Oc1ccc2c(cnn2-c2ccc(F)cc2)c1)c1ccccc1. The molecule has 1 N–H and O–H groups in total. The van der Waals surface area contributed by atoms with Gasteiger partial charge in [-0.2, -0.15) is 5.10 Å². The van der Waals surface area contributed by atoms with Crippen LogP contribution in [0.2, 0.25) is 0 Å². The third kappa shape index (κ3) is 4.90. The number of hydrogen-bond acceptors (Lipinski definition) is 3. The molecule has 170 valence electrons. The van der Waals surface area contributed by atoms with E-state index in [1.807, 2.05) is 55.5 Å². The molecule has 1 aromatic heterocycles. The van der Waals surface area contributed by atoms with Gasteiger partial charge in [-0.15, -0.1) is 0 Å². The van der Waals surface area contributed by atoms with Crippen molar-refractivity contribution in [3.05, 3.63) is 90.4 Å². The number of benzene rings is 3. The second kappa shape index (κ2) is 9.45. The van der Waals surface area contributed by atoms with Gasteiger partial charge in [0.2, 0.25) is 5.91 Å². The van der Waals surface area contributed by atoms with E-state index in [1.165, 1.54) is 12.1 Å².